The second kappa shape index (κ2) is 7.35. The van der Waals surface area contributed by atoms with Gasteiger partial charge < -0.3 is 14.7 Å². The van der Waals surface area contributed by atoms with Crippen LogP contribution in [0, 0.1) is 5.92 Å². The summed E-state index contributed by atoms with van der Waals surface area (Å²) >= 11 is 0. The zero-order valence-corrected chi connectivity index (χ0v) is 15.6. The number of aromatic hydroxyl groups is 1. The van der Waals surface area contributed by atoms with Gasteiger partial charge in [0.15, 0.2) is 0 Å². The lowest BCUT2D eigenvalue weighted by Crippen LogP contribution is -2.42. The average Bonchev–Trinajstić information content (AvgIpc) is 3.02. The van der Waals surface area contributed by atoms with E-state index in [-0.39, 0.29) is 11.8 Å². The number of aromatic nitrogens is 3. The molecule has 1 aliphatic rings. The quantitative estimate of drug-likeness (QED) is 0.910. The first-order valence-corrected chi connectivity index (χ1v) is 8.95. The van der Waals surface area contributed by atoms with Crippen molar-refractivity contribution in [3.05, 3.63) is 30.9 Å². The molecule has 1 fully saturated rings. The fourth-order valence-electron chi connectivity index (χ4n) is 3.09. The van der Waals surface area contributed by atoms with Crippen molar-refractivity contribution in [3.8, 4) is 16.9 Å². The Balaban J connectivity index is 1.53. The number of carbonyl (C=O) groups is 1. The highest BCUT2D eigenvalue weighted by atomic mass is 16.6. The van der Waals surface area contributed by atoms with Crippen molar-refractivity contribution in [1.82, 2.24) is 19.7 Å². The Kier molecular flexibility index (Phi) is 5.15. The minimum atomic E-state index is -0.458. The third kappa shape index (κ3) is 4.74. The van der Waals surface area contributed by atoms with Gasteiger partial charge >= 0.3 is 6.09 Å². The molecule has 1 amide bonds. The van der Waals surface area contributed by atoms with E-state index in [4.69, 9.17) is 4.74 Å². The van der Waals surface area contributed by atoms with E-state index in [1.807, 2.05) is 31.6 Å². The summed E-state index contributed by atoms with van der Waals surface area (Å²) in [5, 5.41) is 14.0. The van der Waals surface area contributed by atoms with Crippen molar-refractivity contribution in [2.45, 2.75) is 45.8 Å². The molecule has 0 saturated carbocycles. The van der Waals surface area contributed by atoms with Crippen LogP contribution in [0.1, 0.15) is 33.6 Å². The molecule has 7 nitrogen and oxygen atoms in total. The molecule has 3 heterocycles. The highest BCUT2D eigenvalue weighted by Gasteiger charge is 2.27. The third-order valence-electron chi connectivity index (χ3n) is 4.40. The van der Waals surface area contributed by atoms with Crippen molar-refractivity contribution < 1.29 is 14.6 Å². The van der Waals surface area contributed by atoms with Gasteiger partial charge in [-0.3, -0.25) is 9.67 Å². The molecule has 1 saturated heterocycles. The van der Waals surface area contributed by atoms with Crippen LogP contribution < -0.4 is 0 Å². The average molecular weight is 358 g/mol. The van der Waals surface area contributed by atoms with Gasteiger partial charge in [0.05, 0.1) is 12.4 Å². The molecule has 0 atom stereocenters. The smallest absolute Gasteiger partial charge is 0.410 e. The van der Waals surface area contributed by atoms with Gasteiger partial charge in [0, 0.05) is 43.2 Å². The summed E-state index contributed by atoms with van der Waals surface area (Å²) in [6.07, 6.45) is 8.51. The van der Waals surface area contributed by atoms with Gasteiger partial charge in [-0.2, -0.15) is 5.10 Å². The number of nitrogens with zero attached hydrogens (tertiary/aromatic N) is 4. The Hall–Kier alpha value is -2.57. The van der Waals surface area contributed by atoms with Gasteiger partial charge in [0.1, 0.15) is 11.4 Å². The van der Waals surface area contributed by atoms with E-state index in [1.165, 1.54) is 6.20 Å². The van der Waals surface area contributed by atoms with Crippen LogP contribution in [0.5, 0.6) is 5.75 Å². The van der Waals surface area contributed by atoms with Crippen molar-refractivity contribution >= 4 is 6.09 Å². The van der Waals surface area contributed by atoms with Gasteiger partial charge in [-0.05, 0) is 45.6 Å². The molecule has 140 valence electrons. The lowest BCUT2D eigenvalue weighted by Gasteiger charge is -2.33. The summed E-state index contributed by atoms with van der Waals surface area (Å²) in [5.41, 5.74) is 1.32. The van der Waals surface area contributed by atoms with E-state index in [0.29, 0.717) is 19.0 Å². The van der Waals surface area contributed by atoms with Gasteiger partial charge in [-0.1, -0.05) is 0 Å². The minimum Gasteiger partial charge on any atom is -0.506 e. The zero-order valence-electron chi connectivity index (χ0n) is 15.6. The summed E-state index contributed by atoms with van der Waals surface area (Å²) < 4.78 is 7.36. The molecule has 0 spiro atoms. The normalized spacial score (nSPS) is 15.9. The summed E-state index contributed by atoms with van der Waals surface area (Å²) in [6, 6.07) is 1.67. The monoisotopic (exact) mass is 358 g/mol. The van der Waals surface area contributed by atoms with E-state index in [9.17, 15) is 9.90 Å². The van der Waals surface area contributed by atoms with Gasteiger partial charge in [-0.25, -0.2) is 4.79 Å². The summed E-state index contributed by atoms with van der Waals surface area (Å²) in [6.45, 7) is 7.89. The number of amides is 1. The maximum atomic E-state index is 12.1. The van der Waals surface area contributed by atoms with Crippen LogP contribution in [0.3, 0.4) is 0 Å². The predicted molar refractivity (Wildman–Crippen MR) is 97.7 cm³/mol. The van der Waals surface area contributed by atoms with Crippen LogP contribution in [0.2, 0.25) is 0 Å². The molecule has 3 rings (SSSR count). The first kappa shape index (κ1) is 18.2. The summed E-state index contributed by atoms with van der Waals surface area (Å²) in [5.74, 6) is 0.619. The van der Waals surface area contributed by atoms with Crippen molar-refractivity contribution in [2.75, 3.05) is 13.1 Å². The predicted octanol–water partition coefficient (Wildman–Crippen LogP) is 3.30. The Morgan fingerprint density at radius 1 is 1.23 bits per heavy atom. The number of carbonyl (C=O) groups excluding carboxylic acids is 1. The van der Waals surface area contributed by atoms with Crippen LogP contribution in [0.15, 0.2) is 30.9 Å². The molecule has 0 unspecified atom stereocenters. The minimum absolute atomic E-state index is 0.143. The standard InChI is InChI=1S/C19H26N4O3/c1-19(2,3)26-18(25)22-6-4-14(5-7-22)12-23-13-16(10-21-23)15-8-17(24)11-20-9-15/h8-11,13-14,24H,4-7,12H2,1-3H3. The molecular formula is C19H26N4O3. The highest BCUT2D eigenvalue weighted by molar-refractivity contribution is 5.68. The molecule has 1 N–H and O–H groups in total. The second-order valence-electron chi connectivity index (χ2n) is 7.79. The number of rotatable bonds is 3. The van der Waals surface area contributed by atoms with E-state index in [1.54, 1.807) is 23.4 Å². The fraction of sp³-hybridized carbons (Fsp3) is 0.526. The van der Waals surface area contributed by atoms with Crippen molar-refractivity contribution in [3.63, 3.8) is 0 Å². The van der Waals surface area contributed by atoms with Gasteiger partial charge in [0.25, 0.3) is 0 Å². The molecular weight excluding hydrogens is 332 g/mol. The van der Waals surface area contributed by atoms with Crippen molar-refractivity contribution in [1.29, 1.82) is 0 Å². The topological polar surface area (TPSA) is 80.5 Å². The molecule has 1 aliphatic heterocycles. The Labute approximate surface area is 153 Å². The molecule has 7 heteroatoms. The van der Waals surface area contributed by atoms with Crippen LogP contribution >= 0.6 is 0 Å². The molecule has 0 aromatic carbocycles. The molecule has 0 aliphatic carbocycles. The molecule has 0 radical (unpaired) electrons. The Morgan fingerprint density at radius 2 is 1.96 bits per heavy atom. The summed E-state index contributed by atoms with van der Waals surface area (Å²) in [4.78, 5) is 17.9. The number of likely N-dealkylation sites (tertiary alicyclic amines) is 1. The number of hydrogen-bond donors (Lipinski definition) is 1. The number of pyridine rings is 1. The third-order valence-corrected chi connectivity index (χ3v) is 4.40. The summed E-state index contributed by atoms with van der Waals surface area (Å²) in [7, 11) is 0. The van der Waals surface area contributed by atoms with E-state index in [2.05, 4.69) is 10.1 Å². The molecule has 2 aromatic heterocycles. The number of piperidine rings is 1. The SMILES string of the molecule is CC(C)(C)OC(=O)N1CCC(Cn2cc(-c3cncc(O)c3)cn2)CC1. The highest BCUT2D eigenvalue weighted by Crippen LogP contribution is 2.24. The van der Waals surface area contributed by atoms with E-state index in [0.717, 1.165) is 30.5 Å². The largest absolute Gasteiger partial charge is 0.506 e. The van der Waals surface area contributed by atoms with Gasteiger partial charge in [0.2, 0.25) is 0 Å². The Bertz CT molecular complexity index is 758. The lowest BCUT2D eigenvalue weighted by atomic mass is 9.97. The van der Waals surface area contributed by atoms with Crippen LogP contribution in [-0.2, 0) is 11.3 Å². The molecule has 2 aromatic rings. The van der Waals surface area contributed by atoms with Crippen LogP contribution in [-0.4, -0.2) is 49.6 Å². The molecule has 0 bridgehead atoms. The van der Waals surface area contributed by atoms with Crippen molar-refractivity contribution in [2.24, 2.45) is 5.92 Å². The first-order chi connectivity index (χ1) is 12.3. The first-order valence-electron chi connectivity index (χ1n) is 8.95. The fourth-order valence-corrected chi connectivity index (χ4v) is 3.09. The second-order valence-corrected chi connectivity index (χ2v) is 7.79. The van der Waals surface area contributed by atoms with E-state index >= 15 is 0 Å². The maximum absolute atomic E-state index is 12.1. The number of ether oxygens (including phenoxy) is 1. The lowest BCUT2D eigenvalue weighted by molar-refractivity contribution is 0.0177. The van der Waals surface area contributed by atoms with E-state index < -0.39 is 5.60 Å². The number of hydrogen-bond acceptors (Lipinski definition) is 5. The Morgan fingerprint density at radius 3 is 2.62 bits per heavy atom. The van der Waals surface area contributed by atoms with Gasteiger partial charge in [-0.15, -0.1) is 0 Å². The molecule has 26 heavy (non-hydrogen) atoms. The zero-order chi connectivity index (χ0) is 18.7. The maximum Gasteiger partial charge on any atom is 0.410 e. The van der Waals surface area contributed by atoms with Crippen LogP contribution in [0.25, 0.3) is 11.1 Å². The van der Waals surface area contributed by atoms with Crippen LogP contribution in [0.4, 0.5) is 4.79 Å².